The maximum atomic E-state index is 11.0. The Kier molecular flexibility index (Phi) is 2.73. The van der Waals surface area contributed by atoms with Crippen molar-refractivity contribution in [2.45, 2.75) is 26.7 Å². The van der Waals surface area contributed by atoms with Crippen LogP contribution in [0.4, 0.5) is 0 Å². The Labute approximate surface area is 73.7 Å². The van der Waals surface area contributed by atoms with Gasteiger partial charge in [0.05, 0.1) is 0 Å². The number of nitrogens with one attached hydrogen (secondary N) is 1. The van der Waals surface area contributed by atoms with Crippen molar-refractivity contribution in [1.82, 2.24) is 5.32 Å². The minimum Gasteiger partial charge on any atom is -0.356 e. The van der Waals surface area contributed by atoms with Crippen LogP contribution in [0.5, 0.6) is 0 Å². The van der Waals surface area contributed by atoms with Gasteiger partial charge < -0.3 is 11.1 Å². The lowest BCUT2D eigenvalue weighted by molar-refractivity contribution is -0.120. The van der Waals surface area contributed by atoms with E-state index in [2.05, 4.69) is 19.2 Å². The fourth-order valence-corrected chi connectivity index (χ4v) is 1.38. The molecule has 0 aromatic heterocycles. The fraction of sp³-hybridized carbons (Fsp3) is 0.889. The van der Waals surface area contributed by atoms with Crippen LogP contribution in [-0.4, -0.2) is 19.0 Å². The van der Waals surface area contributed by atoms with Crippen LogP contribution in [-0.2, 0) is 4.79 Å². The first-order chi connectivity index (χ1) is 5.56. The third kappa shape index (κ3) is 2.48. The van der Waals surface area contributed by atoms with Crippen LogP contribution >= 0.6 is 0 Å². The van der Waals surface area contributed by atoms with Crippen molar-refractivity contribution >= 4 is 5.91 Å². The van der Waals surface area contributed by atoms with Crippen LogP contribution < -0.4 is 11.1 Å². The van der Waals surface area contributed by atoms with Gasteiger partial charge in [-0.25, -0.2) is 0 Å². The molecular formula is C9H18N2O. The Bertz CT molecular complexity index is 177. The third-order valence-corrected chi connectivity index (χ3v) is 2.63. The number of amides is 1. The fourth-order valence-electron chi connectivity index (χ4n) is 1.38. The molecule has 0 heterocycles. The van der Waals surface area contributed by atoms with Crippen molar-refractivity contribution < 1.29 is 4.79 Å². The van der Waals surface area contributed by atoms with Gasteiger partial charge in [0.2, 0.25) is 5.91 Å². The Hall–Kier alpha value is -0.570. The highest BCUT2D eigenvalue weighted by molar-refractivity contribution is 5.76. The van der Waals surface area contributed by atoms with E-state index in [9.17, 15) is 4.79 Å². The molecule has 0 spiro atoms. The van der Waals surface area contributed by atoms with Crippen molar-refractivity contribution in [3.63, 3.8) is 0 Å². The summed E-state index contributed by atoms with van der Waals surface area (Å²) in [6, 6.07) is 0. The van der Waals surface area contributed by atoms with E-state index in [1.807, 2.05) is 0 Å². The number of nitrogens with two attached hydrogens (primary N) is 1. The van der Waals surface area contributed by atoms with Gasteiger partial charge in [0.25, 0.3) is 0 Å². The van der Waals surface area contributed by atoms with Gasteiger partial charge in [-0.1, -0.05) is 13.8 Å². The zero-order chi connectivity index (χ0) is 9.19. The first kappa shape index (κ1) is 9.52. The SMILES string of the molecule is CC1(C)CC1CNC(=O)CCN. The van der Waals surface area contributed by atoms with Crippen molar-refractivity contribution in [3.05, 3.63) is 0 Å². The van der Waals surface area contributed by atoms with E-state index in [4.69, 9.17) is 5.73 Å². The monoisotopic (exact) mass is 170 g/mol. The van der Waals surface area contributed by atoms with Gasteiger partial charge in [0.1, 0.15) is 0 Å². The molecular weight excluding hydrogens is 152 g/mol. The topological polar surface area (TPSA) is 55.1 Å². The maximum absolute atomic E-state index is 11.0. The molecule has 0 bridgehead atoms. The first-order valence-electron chi connectivity index (χ1n) is 4.53. The molecule has 3 nitrogen and oxygen atoms in total. The second-order valence-electron chi connectivity index (χ2n) is 4.23. The zero-order valence-electron chi connectivity index (χ0n) is 7.89. The summed E-state index contributed by atoms with van der Waals surface area (Å²) in [7, 11) is 0. The van der Waals surface area contributed by atoms with Crippen LogP contribution in [0.1, 0.15) is 26.7 Å². The molecule has 1 rings (SSSR count). The number of rotatable bonds is 4. The van der Waals surface area contributed by atoms with Crippen molar-refractivity contribution in [2.75, 3.05) is 13.1 Å². The predicted octanol–water partition coefficient (Wildman–Crippen LogP) is 0.497. The molecule has 0 aliphatic heterocycles. The molecule has 1 atom stereocenters. The average Bonchev–Trinajstić information content (AvgIpc) is 2.56. The average molecular weight is 170 g/mol. The number of hydrogen-bond donors (Lipinski definition) is 2. The van der Waals surface area contributed by atoms with Crippen molar-refractivity contribution in [1.29, 1.82) is 0 Å². The molecule has 0 radical (unpaired) electrons. The Morgan fingerprint density at radius 3 is 2.67 bits per heavy atom. The Morgan fingerprint density at radius 2 is 2.25 bits per heavy atom. The lowest BCUT2D eigenvalue weighted by atomic mass is 10.1. The minimum atomic E-state index is 0.0835. The van der Waals surface area contributed by atoms with Gasteiger partial charge >= 0.3 is 0 Å². The van der Waals surface area contributed by atoms with Crippen molar-refractivity contribution in [2.24, 2.45) is 17.1 Å². The standard InChI is InChI=1S/C9H18N2O/c1-9(2)5-7(9)6-11-8(12)3-4-10/h7H,3-6,10H2,1-2H3,(H,11,12). The van der Waals surface area contributed by atoms with Gasteiger partial charge in [-0.15, -0.1) is 0 Å². The van der Waals surface area contributed by atoms with Gasteiger partial charge in [0.15, 0.2) is 0 Å². The molecule has 0 saturated heterocycles. The van der Waals surface area contributed by atoms with Gasteiger partial charge in [-0.2, -0.15) is 0 Å². The van der Waals surface area contributed by atoms with Gasteiger partial charge in [-0.05, 0) is 17.8 Å². The van der Waals surface area contributed by atoms with Crippen LogP contribution in [0.2, 0.25) is 0 Å². The highest BCUT2D eigenvalue weighted by atomic mass is 16.1. The Balaban J connectivity index is 2.07. The molecule has 0 aromatic carbocycles. The molecule has 12 heavy (non-hydrogen) atoms. The van der Waals surface area contributed by atoms with E-state index < -0.39 is 0 Å². The van der Waals surface area contributed by atoms with E-state index in [1.165, 1.54) is 6.42 Å². The van der Waals surface area contributed by atoms with Crippen molar-refractivity contribution in [3.8, 4) is 0 Å². The summed E-state index contributed by atoms with van der Waals surface area (Å²) >= 11 is 0. The summed E-state index contributed by atoms with van der Waals surface area (Å²) in [6.45, 7) is 5.73. The van der Waals surface area contributed by atoms with Crippen LogP contribution in [0.3, 0.4) is 0 Å². The number of carbonyl (C=O) groups excluding carboxylic acids is 1. The van der Waals surface area contributed by atoms with Gasteiger partial charge in [0, 0.05) is 19.5 Å². The van der Waals surface area contributed by atoms with E-state index in [1.54, 1.807) is 0 Å². The summed E-state index contributed by atoms with van der Waals surface area (Å²) in [5.41, 5.74) is 5.70. The van der Waals surface area contributed by atoms with E-state index in [0.29, 0.717) is 24.3 Å². The van der Waals surface area contributed by atoms with E-state index in [-0.39, 0.29) is 5.91 Å². The molecule has 0 aromatic rings. The molecule has 1 saturated carbocycles. The summed E-state index contributed by atoms with van der Waals surface area (Å²) in [4.78, 5) is 11.0. The highest BCUT2D eigenvalue weighted by Gasteiger charge is 2.45. The maximum Gasteiger partial charge on any atom is 0.221 e. The molecule has 70 valence electrons. The van der Waals surface area contributed by atoms with Crippen LogP contribution in [0.25, 0.3) is 0 Å². The first-order valence-corrected chi connectivity index (χ1v) is 4.53. The minimum absolute atomic E-state index is 0.0835. The largest absolute Gasteiger partial charge is 0.356 e. The molecule has 1 amide bonds. The lowest BCUT2D eigenvalue weighted by Crippen LogP contribution is -2.28. The second kappa shape index (κ2) is 3.44. The Morgan fingerprint density at radius 1 is 1.67 bits per heavy atom. The number of carbonyl (C=O) groups is 1. The molecule has 1 unspecified atom stereocenters. The summed E-state index contributed by atoms with van der Waals surface area (Å²) < 4.78 is 0. The predicted molar refractivity (Wildman–Crippen MR) is 48.6 cm³/mol. The van der Waals surface area contributed by atoms with Crippen LogP contribution in [0.15, 0.2) is 0 Å². The summed E-state index contributed by atoms with van der Waals surface area (Å²) in [5.74, 6) is 0.763. The van der Waals surface area contributed by atoms with Crippen LogP contribution in [0, 0.1) is 11.3 Å². The highest BCUT2D eigenvalue weighted by Crippen LogP contribution is 2.50. The molecule has 1 aliphatic rings. The molecule has 1 aliphatic carbocycles. The normalized spacial score (nSPS) is 25.1. The quantitative estimate of drug-likeness (QED) is 0.645. The summed E-state index contributed by atoms with van der Waals surface area (Å²) in [6.07, 6.45) is 1.68. The molecule has 3 N–H and O–H groups in total. The van der Waals surface area contributed by atoms with E-state index in [0.717, 1.165) is 6.54 Å². The summed E-state index contributed by atoms with van der Waals surface area (Å²) in [5, 5.41) is 2.88. The molecule has 3 heteroatoms. The lowest BCUT2D eigenvalue weighted by Gasteiger charge is -2.05. The second-order valence-corrected chi connectivity index (χ2v) is 4.23. The molecule has 1 fully saturated rings. The number of hydrogen-bond acceptors (Lipinski definition) is 2. The third-order valence-electron chi connectivity index (χ3n) is 2.63. The van der Waals surface area contributed by atoms with Gasteiger partial charge in [-0.3, -0.25) is 4.79 Å². The smallest absolute Gasteiger partial charge is 0.221 e. The van der Waals surface area contributed by atoms with E-state index >= 15 is 0 Å². The zero-order valence-corrected chi connectivity index (χ0v) is 7.89.